The molecule has 0 heterocycles. The number of ether oxygens (including phenoxy) is 1. The summed E-state index contributed by atoms with van der Waals surface area (Å²) in [7, 11) is -1.60. The predicted molar refractivity (Wildman–Crippen MR) is 83.0 cm³/mol. The third kappa shape index (κ3) is 3.73. The molecule has 1 N–H and O–H groups in total. The van der Waals surface area contributed by atoms with Gasteiger partial charge >= 0.3 is 0 Å². The van der Waals surface area contributed by atoms with Crippen molar-refractivity contribution >= 4 is 9.84 Å². The Labute approximate surface area is 122 Å². The van der Waals surface area contributed by atoms with E-state index < -0.39 is 14.6 Å². The summed E-state index contributed by atoms with van der Waals surface area (Å²) in [5.41, 5.74) is 0.924. The van der Waals surface area contributed by atoms with Crippen LogP contribution in [0.3, 0.4) is 0 Å². The van der Waals surface area contributed by atoms with Crippen LogP contribution in [0.25, 0.3) is 0 Å². The lowest BCUT2D eigenvalue weighted by atomic mass is 9.94. The highest BCUT2D eigenvalue weighted by molar-refractivity contribution is 7.92. The Bertz CT molecular complexity index is 538. The summed E-state index contributed by atoms with van der Waals surface area (Å²) in [6.45, 7) is 6.34. The number of methoxy groups -OCH3 is 1. The molecule has 0 radical (unpaired) electrons. The molecule has 1 unspecified atom stereocenters. The average Bonchev–Trinajstić information content (AvgIpc) is 2.38. The summed E-state index contributed by atoms with van der Waals surface area (Å²) in [6, 6.07) is 7.29. The van der Waals surface area contributed by atoms with Crippen LogP contribution in [0.5, 0.6) is 5.75 Å². The van der Waals surface area contributed by atoms with E-state index in [4.69, 9.17) is 4.74 Å². The SMILES string of the molecule is CCCNC(c1cccc(OC)c1)C(C)(C)S(C)(=O)=O. The molecule has 1 rings (SSSR count). The molecule has 0 fully saturated rings. The van der Waals surface area contributed by atoms with Crippen molar-refractivity contribution < 1.29 is 13.2 Å². The van der Waals surface area contributed by atoms with Crippen molar-refractivity contribution in [2.45, 2.75) is 38.0 Å². The quantitative estimate of drug-likeness (QED) is 0.840. The van der Waals surface area contributed by atoms with Crippen LogP contribution in [-0.2, 0) is 9.84 Å². The second-order valence-corrected chi connectivity index (χ2v) is 8.14. The molecule has 0 saturated carbocycles. The van der Waals surface area contributed by atoms with Gasteiger partial charge in [-0.3, -0.25) is 0 Å². The van der Waals surface area contributed by atoms with Gasteiger partial charge in [-0.15, -0.1) is 0 Å². The Morgan fingerprint density at radius 1 is 1.35 bits per heavy atom. The van der Waals surface area contributed by atoms with Gasteiger partial charge in [0.25, 0.3) is 0 Å². The lowest BCUT2D eigenvalue weighted by Gasteiger charge is -2.34. The van der Waals surface area contributed by atoms with Crippen molar-refractivity contribution in [3.05, 3.63) is 29.8 Å². The maximum atomic E-state index is 12.1. The summed E-state index contributed by atoms with van der Waals surface area (Å²) in [5.74, 6) is 0.732. The minimum atomic E-state index is -3.20. The van der Waals surface area contributed by atoms with Crippen molar-refractivity contribution in [2.75, 3.05) is 19.9 Å². The van der Waals surface area contributed by atoms with Crippen LogP contribution in [0.15, 0.2) is 24.3 Å². The van der Waals surface area contributed by atoms with E-state index in [1.807, 2.05) is 24.3 Å². The van der Waals surface area contributed by atoms with Crippen molar-refractivity contribution in [2.24, 2.45) is 0 Å². The molecule has 0 aliphatic carbocycles. The van der Waals surface area contributed by atoms with Crippen molar-refractivity contribution in [1.82, 2.24) is 5.32 Å². The molecule has 0 aliphatic heterocycles. The van der Waals surface area contributed by atoms with E-state index in [2.05, 4.69) is 12.2 Å². The molecular formula is C15H25NO3S. The van der Waals surface area contributed by atoms with E-state index in [9.17, 15) is 8.42 Å². The van der Waals surface area contributed by atoms with E-state index >= 15 is 0 Å². The molecule has 0 bridgehead atoms. The van der Waals surface area contributed by atoms with E-state index in [-0.39, 0.29) is 6.04 Å². The first-order valence-electron chi connectivity index (χ1n) is 6.81. The van der Waals surface area contributed by atoms with Crippen LogP contribution in [0.2, 0.25) is 0 Å². The Morgan fingerprint density at radius 3 is 2.50 bits per heavy atom. The lowest BCUT2D eigenvalue weighted by molar-refractivity contribution is 0.403. The second kappa shape index (κ2) is 6.59. The van der Waals surface area contributed by atoms with Crippen molar-refractivity contribution in [1.29, 1.82) is 0 Å². The monoisotopic (exact) mass is 299 g/mol. The Balaban J connectivity index is 3.24. The van der Waals surface area contributed by atoms with E-state index in [1.54, 1.807) is 21.0 Å². The van der Waals surface area contributed by atoms with Gasteiger partial charge in [-0.25, -0.2) is 8.42 Å². The summed E-state index contributed by atoms with van der Waals surface area (Å²) >= 11 is 0. The zero-order valence-electron chi connectivity index (χ0n) is 12.9. The molecule has 1 aromatic rings. The largest absolute Gasteiger partial charge is 0.497 e. The molecule has 1 atom stereocenters. The van der Waals surface area contributed by atoms with Crippen LogP contribution in [0.1, 0.15) is 38.8 Å². The van der Waals surface area contributed by atoms with Crippen LogP contribution in [-0.4, -0.2) is 33.1 Å². The minimum Gasteiger partial charge on any atom is -0.497 e. The molecule has 0 aromatic heterocycles. The maximum absolute atomic E-state index is 12.1. The van der Waals surface area contributed by atoms with Gasteiger partial charge in [-0.1, -0.05) is 19.1 Å². The molecule has 5 heteroatoms. The topological polar surface area (TPSA) is 55.4 Å². The maximum Gasteiger partial charge on any atom is 0.154 e. The normalized spacial score (nSPS) is 14.1. The van der Waals surface area contributed by atoms with Gasteiger partial charge < -0.3 is 10.1 Å². The predicted octanol–water partition coefficient (Wildman–Crippen LogP) is 2.56. The molecule has 4 nitrogen and oxygen atoms in total. The summed E-state index contributed by atoms with van der Waals surface area (Å²) in [4.78, 5) is 0. The Hall–Kier alpha value is -1.07. The third-order valence-corrected chi connectivity index (χ3v) is 5.82. The molecule has 114 valence electrons. The first kappa shape index (κ1) is 17.0. The van der Waals surface area contributed by atoms with Crippen LogP contribution >= 0.6 is 0 Å². The molecule has 20 heavy (non-hydrogen) atoms. The van der Waals surface area contributed by atoms with Gasteiger partial charge in [0.15, 0.2) is 9.84 Å². The van der Waals surface area contributed by atoms with Gasteiger partial charge in [-0.2, -0.15) is 0 Å². The minimum absolute atomic E-state index is 0.271. The highest BCUT2D eigenvalue weighted by atomic mass is 32.2. The highest BCUT2D eigenvalue weighted by Gasteiger charge is 2.39. The number of nitrogens with one attached hydrogen (secondary N) is 1. The fourth-order valence-electron chi connectivity index (χ4n) is 2.09. The first-order valence-corrected chi connectivity index (χ1v) is 8.70. The molecule has 0 spiro atoms. The number of sulfone groups is 1. The summed E-state index contributed by atoms with van der Waals surface area (Å²) in [5, 5.41) is 3.35. The standard InChI is InChI=1S/C15H25NO3S/c1-6-10-16-14(15(2,3)20(5,17)18)12-8-7-9-13(11-12)19-4/h7-9,11,14,16H,6,10H2,1-5H3. The Kier molecular flexibility index (Phi) is 5.59. The van der Waals surface area contributed by atoms with Gasteiger partial charge in [0.05, 0.1) is 17.9 Å². The summed E-state index contributed by atoms with van der Waals surface area (Å²) in [6.07, 6.45) is 2.23. The van der Waals surface area contributed by atoms with Gasteiger partial charge in [0, 0.05) is 6.26 Å². The molecule has 1 aromatic carbocycles. The molecular weight excluding hydrogens is 274 g/mol. The van der Waals surface area contributed by atoms with E-state index in [0.29, 0.717) is 0 Å². The van der Waals surface area contributed by atoms with Crippen molar-refractivity contribution in [3.63, 3.8) is 0 Å². The van der Waals surface area contributed by atoms with E-state index in [1.165, 1.54) is 6.26 Å². The molecule has 0 saturated heterocycles. The number of benzene rings is 1. The van der Waals surface area contributed by atoms with Gasteiger partial charge in [0.1, 0.15) is 5.75 Å². The number of hydrogen-bond acceptors (Lipinski definition) is 4. The lowest BCUT2D eigenvalue weighted by Crippen LogP contribution is -2.45. The summed E-state index contributed by atoms with van der Waals surface area (Å²) < 4.78 is 28.6. The average molecular weight is 299 g/mol. The van der Waals surface area contributed by atoms with Crippen LogP contribution in [0, 0.1) is 0 Å². The smallest absolute Gasteiger partial charge is 0.154 e. The number of hydrogen-bond donors (Lipinski definition) is 1. The van der Waals surface area contributed by atoms with Crippen LogP contribution in [0.4, 0.5) is 0 Å². The van der Waals surface area contributed by atoms with Crippen LogP contribution < -0.4 is 10.1 Å². The molecule has 0 amide bonds. The van der Waals surface area contributed by atoms with Gasteiger partial charge in [-0.05, 0) is 44.5 Å². The second-order valence-electron chi connectivity index (χ2n) is 5.54. The van der Waals surface area contributed by atoms with E-state index in [0.717, 1.165) is 24.3 Å². The first-order chi connectivity index (χ1) is 9.24. The number of rotatable bonds is 7. The fourth-order valence-corrected chi connectivity index (χ4v) is 2.74. The Morgan fingerprint density at radius 2 is 2.00 bits per heavy atom. The fraction of sp³-hybridized carbons (Fsp3) is 0.600. The van der Waals surface area contributed by atoms with Crippen molar-refractivity contribution in [3.8, 4) is 5.75 Å². The van der Waals surface area contributed by atoms with Gasteiger partial charge in [0.2, 0.25) is 0 Å². The molecule has 0 aliphatic rings. The zero-order valence-corrected chi connectivity index (χ0v) is 13.8. The highest BCUT2D eigenvalue weighted by Crippen LogP contribution is 2.33. The third-order valence-electron chi connectivity index (χ3n) is 3.68. The zero-order chi connectivity index (χ0) is 15.4.